The first kappa shape index (κ1) is 32.1. The van der Waals surface area contributed by atoms with Gasteiger partial charge in [-0.1, -0.05) is 12.0 Å². The number of aliphatic imine (C=N–C) groups is 1. The minimum Gasteiger partial charge on any atom is -0.462 e. The van der Waals surface area contributed by atoms with Gasteiger partial charge in [0, 0.05) is 48.0 Å². The Bertz CT molecular complexity index is 1010. The molecule has 0 fully saturated rings. The van der Waals surface area contributed by atoms with Gasteiger partial charge in [0.25, 0.3) is 5.66 Å². The Balaban J connectivity index is 3.85. The first-order valence-corrected chi connectivity index (χ1v) is 11.8. The van der Waals surface area contributed by atoms with E-state index in [-0.39, 0.29) is 12.4 Å². The predicted octanol–water partition coefficient (Wildman–Crippen LogP) is 1.44. The third-order valence-corrected chi connectivity index (χ3v) is 4.91. The van der Waals surface area contributed by atoms with E-state index >= 15 is 0 Å². The SMILES string of the molecule is CCOC(=O)[N+]1=N[C@@](C)(CC)N=C1[C@@H](OC(C)=O)[C@H](OC(C)=O)[C@H](OC(C)=O)[C@@H](COC(C)=O)OC(C)=O. The topological polar surface area (TPSA) is 186 Å². The number of hydrogen-bond acceptors (Lipinski definition) is 14. The van der Waals surface area contributed by atoms with E-state index in [0.717, 1.165) is 39.3 Å². The van der Waals surface area contributed by atoms with E-state index in [1.54, 1.807) is 20.8 Å². The van der Waals surface area contributed by atoms with Gasteiger partial charge in [-0.15, -0.1) is 0 Å². The van der Waals surface area contributed by atoms with Crippen molar-refractivity contribution >= 4 is 41.8 Å². The van der Waals surface area contributed by atoms with Crippen LogP contribution < -0.4 is 0 Å². The molecule has 0 unspecified atom stereocenters. The number of carbonyl (C=O) groups is 6. The molecule has 0 radical (unpaired) electrons. The van der Waals surface area contributed by atoms with Crippen LogP contribution >= 0.6 is 0 Å². The number of ether oxygens (including phenoxy) is 6. The van der Waals surface area contributed by atoms with Gasteiger partial charge in [0.15, 0.2) is 18.3 Å². The van der Waals surface area contributed by atoms with Crippen LogP contribution in [0.3, 0.4) is 0 Å². The average Bonchev–Trinajstić information content (AvgIpc) is 3.15. The zero-order valence-electron chi connectivity index (χ0n) is 22.7. The zero-order chi connectivity index (χ0) is 29.2. The molecule has 1 rings (SSSR count). The van der Waals surface area contributed by atoms with Gasteiger partial charge < -0.3 is 28.4 Å². The van der Waals surface area contributed by atoms with Gasteiger partial charge in [-0.2, -0.15) is 4.79 Å². The van der Waals surface area contributed by atoms with E-state index in [9.17, 15) is 28.8 Å². The molecule has 0 aliphatic carbocycles. The van der Waals surface area contributed by atoms with Gasteiger partial charge in [0.1, 0.15) is 6.61 Å². The summed E-state index contributed by atoms with van der Waals surface area (Å²) < 4.78 is 32.2. The maximum atomic E-state index is 12.8. The summed E-state index contributed by atoms with van der Waals surface area (Å²) in [5.74, 6) is -4.64. The number of rotatable bonds is 12. The number of carbonyl (C=O) groups excluding carboxylic acids is 6. The fraction of sp³-hybridized carbons (Fsp3) is 0.696. The van der Waals surface area contributed by atoms with Crippen molar-refractivity contribution in [3.8, 4) is 0 Å². The molecule has 5 atom stereocenters. The van der Waals surface area contributed by atoms with Crippen LogP contribution in [-0.2, 0) is 52.4 Å². The Morgan fingerprint density at radius 2 is 1.29 bits per heavy atom. The Hall–Kier alpha value is -3.91. The quantitative estimate of drug-likeness (QED) is 0.196. The van der Waals surface area contributed by atoms with Crippen LogP contribution in [-0.4, -0.2) is 89.8 Å². The Morgan fingerprint density at radius 3 is 1.74 bits per heavy atom. The van der Waals surface area contributed by atoms with E-state index in [0.29, 0.717) is 6.42 Å². The van der Waals surface area contributed by atoms with E-state index in [4.69, 9.17) is 28.4 Å². The van der Waals surface area contributed by atoms with Gasteiger partial charge in [-0.3, -0.25) is 24.0 Å². The number of nitrogens with zero attached hydrogens (tertiary/aromatic N) is 3. The molecule has 0 N–H and O–H groups in total. The largest absolute Gasteiger partial charge is 0.533 e. The molecule has 0 spiro atoms. The highest BCUT2D eigenvalue weighted by molar-refractivity contribution is 5.89. The highest BCUT2D eigenvalue weighted by Crippen LogP contribution is 2.29. The summed E-state index contributed by atoms with van der Waals surface area (Å²) in [5, 5.41) is 4.26. The summed E-state index contributed by atoms with van der Waals surface area (Å²) in [6.45, 7) is 9.46. The molecule has 0 aromatic carbocycles. The predicted molar refractivity (Wildman–Crippen MR) is 125 cm³/mol. The van der Waals surface area contributed by atoms with Crippen LogP contribution in [0.2, 0.25) is 0 Å². The van der Waals surface area contributed by atoms with Gasteiger partial charge in [0.05, 0.1) is 6.61 Å². The smallest absolute Gasteiger partial charge is 0.462 e. The highest BCUT2D eigenvalue weighted by Gasteiger charge is 2.55. The van der Waals surface area contributed by atoms with Crippen molar-refractivity contribution in [2.24, 2.45) is 10.1 Å². The van der Waals surface area contributed by atoms with Crippen LogP contribution in [0.5, 0.6) is 0 Å². The third-order valence-electron chi connectivity index (χ3n) is 4.91. The maximum Gasteiger partial charge on any atom is 0.533 e. The Morgan fingerprint density at radius 1 is 0.763 bits per heavy atom. The molecule has 1 amide bonds. The first-order chi connectivity index (χ1) is 17.6. The summed E-state index contributed by atoms with van der Waals surface area (Å²) in [6, 6.07) is 0. The molecule has 38 heavy (non-hydrogen) atoms. The second-order valence-electron chi connectivity index (χ2n) is 8.28. The lowest BCUT2D eigenvalue weighted by Crippen LogP contribution is -2.56. The molecular weight excluding hydrogens is 510 g/mol. The Labute approximate surface area is 219 Å². The van der Waals surface area contributed by atoms with Gasteiger partial charge in [-0.25, -0.2) is 0 Å². The number of esters is 5. The zero-order valence-corrected chi connectivity index (χ0v) is 22.7. The van der Waals surface area contributed by atoms with Crippen molar-refractivity contribution < 1.29 is 61.9 Å². The lowest BCUT2D eigenvalue weighted by atomic mass is 10.0. The van der Waals surface area contributed by atoms with Crippen molar-refractivity contribution in [2.45, 2.75) is 91.9 Å². The molecule has 1 heterocycles. The summed E-state index contributed by atoms with van der Waals surface area (Å²) in [6.07, 6.45) is -7.39. The average molecular weight is 545 g/mol. The molecular formula is C23H34N3O12+. The fourth-order valence-corrected chi connectivity index (χ4v) is 3.33. The van der Waals surface area contributed by atoms with Crippen LogP contribution in [0.1, 0.15) is 61.8 Å². The molecule has 0 saturated carbocycles. The molecule has 15 heteroatoms. The van der Waals surface area contributed by atoms with Crippen molar-refractivity contribution in [3.05, 3.63) is 0 Å². The summed E-state index contributed by atoms with van der Waals surface area (Å²) >= 11 is 0. The molecule has 0 aromatic rings. The van der Waals surface area contributed by atoms with Crippen molar-refractivity contribution in [2.75, 3.05) is 13.2 Å². The second-order valence-corrected chi connectivity index (χ2v) is 8.28. The van der Waals surface area contributed by atoms with Gasteiger partial charge in [0.2, 0.25) is 6.10 Å². The molecule has 0 saturated heterocycles. The fourth-order valence-electron chi connectivity index (χ4n) is 3.33. The second kappa shape index (κ2) is 14.1. The van der Waals surface area contributed by atoms with E-state index in [1.165, 1.54) is 0 Å². The number of amides is 1. The number of amidine groups is 1. The van der Waals surface area contributed by atoms with E-state index < -0.39 is 72.6 Å². The van der Waals surface area contributed by atoms with Crippen LogP contribution in [0.4, 0.5) is 4.79 Å². The van der Waals surface area contributed by atoms with Crippen LogP contribution in [0.15, 0.2) is 10.1 Å². The molecule has 0 aromatic heterocycles. The van der Waals surface area contributed by atoms with Crippen LogP contribution in [0.25, 0.3) is 0 Å². The minimum absolute atomic E-state index is 0.0282. The molecule has 212 valence electrons. The van der Waals surface area contributed by atoms with Crippen LogP contribution in [0, 0.1) is 0 Å². The van der Waals surface area contributed by atoms with E-state index in [2.05, 4.69) is 10.1 Å². The van der Waals surface area contributed by atoms with Crippen molar-refractivity contribution in [1.29, 1.82) is 0 Å². The van der Waals surface area contributed by atoms with Gasteiger partial charge >= 0.3 is 41.8 Å². The van der Waals surface area contributed by atoms with Crippen molar-refractivity contribution in [1.82, 2.24) is 0 Å². The molecule has 0 bridgehead atoms. The minimum atomic E-state index is -1.76. The lowest BCUT2D eigenvalue weighted by Gasteiger charge is -2.33. The lowest BCUT2D eigenvalue weighted by molar-refractivity contribution is -0.408. The Kier molecular flexibility index (Phi) is 12.0. The monoisotopic (exact) mass is 544 g/mol. The van der Waals surface area contributed by atoms with Gasteiger partial charge in [-0.05, 0) is 16.6 Å². The summed E-state index contributed by atoms with van der Waals surface area (Å²) in [7, 11) is 0. The molecule has 15 nitrogen and oxygen atoms in total. The van der Waals surface area contributed by atoms with Crippen molar-refractivity contribution in [3.63, 3.8) is 0 Å². The number of azo groups is 2. The summed E-state index contributed by atoms with van der Waals surface area (Å²) in [4.78, 5) is 77.0. The molecule has 1 aliphatic heterocycles. The normalized spacial score (nSPS) is 19.5. The highest BCUT2D eigenvalue weighted by atomic mass is 16.6. The first-order valence-electron chi connectivity index (χ1n) is 11.8. The molecule has 1 aliphatic rings. The standard InChI is InChI=1S/C23H34N3O12/c1-9-23(8)24-21(26(25-23)22(32)33-10-2)20(38-16(7)31)19(37-15(6)30)18(36-14(5)29)17(35-13(4)28)11-34-12(3)27/h17-20H,9-11H2,1-8H3/q+1/t17-,18-,19-,20+,23+/m1/s1. The number of hydrogen-bond donors (Lipinski definition) is 0. The summed E-state index contributed by atoms with van der Waals surface area (Å²) in [5.41, 5.74) is -1.20. The van der Waals surface area contributed by atoms with E-state index in [1.807, 2.05) is 0 Å². The third kappa shape index (κ3) is 9.52. The maximum absolute atomic E-state index is 12.8.